The number of benzene rings is 1. The molecule has 1 amide bonds. The quantitative estimate of drug-likeness (QED) is 0.825. The summed E-state index contributed by atoms with van der Waals surface area (Å²) in [6.45, 7) is 2.87. The average molecular weight is 355 g/mol. The van der Waals surface area contributed by atoms with Crippen molar-refractivity contribution in [3.63, 3.8) is 0 Å². The van der Waals surface area contributed by atoms with Crippen LogP contribution in [0.25, 0.3) is 0 Å². The van der Waals surface area contributed by atoms with Crippen LogP contribution in [-0.4, -0.2) is 48.6 Å². The standard InChI is InChI=1S/C15H18FN3O4S/c1-15(2,9-20)17-14(21)13-8-12(18-24(22,23)19(13)3)10-4-6-11(16)7-5-10/h4-8,20H,9H2,1-3H3,(H,17,21). The molecule has 1 aromatic rings. The lowest BCUT2D eigenvalue weighted by atomic mass is 10.1. The number of halogens is 1. The maximum Gasteiger partial charge on any atom is 0.345 e. The zero-order chi connectivity index (χ0) is 18.1. The van der Waals surface area contributed by atoms with Gasteiger partial charge in [-0.2, -0.15) is 8.42 Å². The summed E-state index contributed by atoms with van der Waals surface area (Å²) in [4.78, 5) is 12.4. The third-order valence-electron chi connectivity index (χ3n) is 3.39. The van der Waals surface area contributed by atoms with Crippen molar-refractivity contribution in [2.75, 3.05) is 13.7 Å². The number of hydrogen-bond acceptors (Lipinski definition) is 4. The number of aliphatic hydroxyl groups is 1. The van der Waals surface area contributed by atoms with Gasteiger partial charge in [0.2, 0.25) is 0 Å². The van der Waals surface area contributed by atoms with E-state index >= 15 is 0 Å². The Morgan fingerprint density at radius 1 is 1.33 bits per heavy atom. The van der Waals surface area contributed by atoms with Crippen molar-refractivity contribution in [1.29, 1.82) is 0 Å². The summed E-state index contributed by atoms with van der Waals surface area (Å²) >= 11 is 0. The van der Waals surface area contributed by atoms with Gasteiger partial charge in [0.15, 0.2) is 0 Å². The van der Waals surface area contributed by atoms with Gasteiger partial charge in [-0.25, -0.2) is 8.70 Å². The highest BCUT2D eigenvalue weighted by Gasteiger charge is 2.32. The molecule has 0 bridgehead atoms. The molecule has 0 aromatic heterocycles. The molecule has 24 heavy (non-hydrogen) atoms. The first-order chi connectivity index (χ1) is 11.1. The van der Waals surface area contributed by atoms with E-state index in [1.54, 1.807) is 13.8 Å². The van der Waals surface area contributed by atoms with Crippen molar-refractivity contribution in [3.05, 3.63) is 47.4 Å². The van der Waals surface area contributed by atoms with Gasteiger partial charge in [-0.3, -0.25) is 4.79 Å². The average Bonchev–Trinajstić information content (AvgIpc) is 2.50. The summed E-state index contributed by atoms with van der Waals surface area (Å²) < 4.78 is 41.8. The van der Waals surface area contributed by atoms with Crippen LogP contribution in [0.4, 0.5) is 4.39 Å². The van der Waals surface area contributed by atoms with Crippen molar-refractivity contribution in [2.45, 2.75) is 19.4 Å². The lowest BCUT2D eigenvalue weighted by Crippen LogP contribution is -2.49. The number of amides is 1. The molecule has 1 heterocycles. The summed E-state index contributed by atoms with van der Waals surface area (Å²) in [6.07, 6.45) is 1.30. The van der Waals surface area contributed by atoms with Crippen molar-refractivity contribution < 1.29 is 22.7 Å². The normalized spacial score (nSPS) is 17.1. The Hall–Kier alpha value is -2.26. The molecule has 0 aliphatic carbocycles. The lowest BCUT2D eigenvalue weighted by molar-refractivity contribution is -0.120. The Kier molecular flexibility index (Phi) is 4.77. The fourth-order valence-electron chi connectivity index (χ4n) is 1.93. The third kappa shape index (κ3) is 3.80. The molecule has 1 aliphatic rings. The van der Waals surface area contributed by atoms with Gasteiger partial charge >= 0.3 is 10.2 Å². The van der Waals surface area contributed by atoms with Gasteiger partial charge in [0, 0.05) is 12.6 Å². The molecule has 0 fully saturated rings. The summed E-state index contributed by atoms with van der Waals surface area (Å²) in [7, 11) is -2.88. The van der Waals surface area contributed by atoms with Gasteiger partial charge in [0.25, 0.3) is 5.91 Å². The van der Waals surface area contributed by atoms with Crippen LogP contribution in [0.1, 0.15) is 19.4 Å². The Balaban J connectivity index is 2.45. The van der Waals surface area contributed by atoms with E-state index in [9.17, 15) is 22.7 Å². The summed E-state index contributed by atoms with van der Waals surface area (Å²) in [5, 5.41) is 11.8. The van der Waals surface area contributed by atoms with E-state index < -0.39 is 27.5 Å². The Morgan fingerprint density at radius 3 is 2.46 bits per heavy atom. The number of rotatable bonds is 4. The van der Waals surface area contributed by atoms with E-state index in [0.29, 0.717) is 5.56 Å². The van der Waals surface area contributed by atoms with E-state index in [1.165, 1.54) is 37.4 Å². The largest absolute Gasteiger partial charge is 0.394 e. The van der Waals surface area contributed by atoms with E-state index in [0.717, 1.165) is 4.31 Å². The van der Waals surface area contributed by atoms with Crippen molar-refractivity contribution in [1.82, 2.24) is 9.62 Å². The van der Waals surface area contributed by atoms with Crippen LogP contribution >= 0.6 is 0 Å². The molecule has 2 N–H and O–H groups in total. The van der Waals surface area contributed by atoms with Crippen LogP contribution in [0.3, 0.4) is 0 Å². The van der Waals surface area contributed by atoms with Gasteiger partial charge in [-0.1, -0.05) is 0 Å². The SMILES string of the molecule is CN1C(C(=O)NC(C)(C)CO)=CC(c2ccc(F)cc2)=NS1(=O)=O. The molecule has 2 rings (SSSR count). The fraction of sp³-hybridized carbons (Fsp3) is 0.333. The van der Waals surface area contributed by atoms with Gasteiger partial charge in [-0.05, 0) is 44.2 Å². The van der Waals surface area contributed by atoms with Crippen LogP contribution in [-0.2, 0) is 15.0 Å². The highest BCUT2D eigenvalue weighted by atomic mass is 32.2. The maximum absolute atomic E-state index is 13.0. The first-order valence-electron chi connectivity index (χ1n) is 7.05. The molecule has 1 aromatic carbocycles. The monoisotopic (exact) mass is 355 g/mol. The van der Waals surface area contributed by atoms with Crippen LogP contribution in [0.15, 0.2) is 40.4 Å². The van der Waals surface area contributed by atoms with Crippen molar-refractivity contribution >= 4 is 21.8 Å². The number of nitrogens with zero attached hydrogens (tertiary/aromatic N) is 2. The lowest BCUT2D eigenvalue weighted by Gasteiger charge is -2.28. The first-order valence-corrected chi connectivity index (χ1v) is 8.45. The van der Waals surface area contributed by atoms with E-state index in [2.05, 4.69) is 9.71 Å². The highest BCUT2D eigenvalue weighted by Crippen LogP contribution is 2.20. The Morgan fingerprint density at radius 2 is 1.92 bits per heavy atom. The highest BCUT2D eigenvalue weighted by molar-refractivity contribution is 7.88. The van der Waals surface area contributed by atoms with Gasteiger partial charge < -0.3 is 10.4 Å². The minimum Gasteiger partial charge on any atom is -0.394 e. The predicted octanol–water partition coefficient (Wildman–Crippen LogP) is 0.576. The minimum atomic E-state index is -4.09. The molecule has 0 unspecified atom stereocenters. The zero-order valence-corrected chi connectivity index (χ0v) is 14.3. The van der Waals surface area contributed by atoms with Gasteiger partial charge in [0.05, 0.1) is 17.9 Å². The molecule has 9 heteroatoms. The fourth-order valence-corrected chi connectivity index (χ4v) is 2.85. The molecule has 0 atom stereocenters. The number of nitrogens with one attached hydrogen (secondary N) is 1. The van der Waals surface area contributed by atoms with Crippen molar-refractivity contribution in [3.8, 4) is 0 Å². The van der Waals surface area contributed by atoms with Gasteiger partial charge in [-0.15, -0.1) is 4.40 Å². The summed E-state index contributed by atoms with van der Waals surface area (Å²) in [5.74, 6) is -1.14. The Bertz CT molecular complexity index is 814. The second-order valence-electron chi connectivity index (χ2n) is 5.95. The number of likely N-dealkylation sites (N-methyl/N-ethyl adjacent to an activating group) is 1. The van der Waals surface area contributed by atoms with Crippen LogP contribution < -0.4 is 5.32 Å². The summed E-state index contributed by atoms with van der Waals surface area (Å²) in [6, 6.07) is 5.09. The minimum absolute atomic E-state index is 0.0278. The number of hydrogen-bond donors (Lipinski definition) is 2. The van der Waals surface area contributed by atoms with E-state index in [1.807, 2.05) is 0 Å². The van der Waals surface area contributed by atoms with Crippen molar-refractivity contribution in [2.24, 2.45) is 4.40 Å². The molecular weight excluding hydrogens is 337 g/mol. The number of carbonyl (C=O) groups is 1. The number of carbonyl (C=O) groups excluding carboxylic acids is 1. The van der Waals surface area contributed by atoms with Crippen LogP contribution in [0, 0.1) is 5.82 Å². The second kappa shape index (κ2) is 6.33. The topological polar surface area (TPSA) is 99.1 Å². The zero-order valence-electron chi connectivity index (χ0n) is 13.4. The molecule has 0 saturated heterocycles. The molecule has 7 nitrogen and oxygen atoms in total. The van der Waals surface area contributed by atoms with E-state index in [4.69, 9.17) is 0 Å². The number of aliphatic hydroxyl groups excluding tert-OH is 1. The van der Waals surface area contributed by atoms with Gasteiger partial charge in [0.1, 0.15) is 11.5 Å². The molecule has 0 spiro atoms. The van der Waals surface area contributed by atoms with E-state index in [-0.39, 0.29) is 18.0 Å². The first kappa shape index (κ1) is 18.1. The molecule has 0 saturated carbocycles. The van der Waals surface area contributed by atoms with Crippen LogP contribution in [0.5, 0.6) is 0 Å². The maximum atomic E-state index is 13.0. The summed E-state index contributed by atoms with van der Waals surface area (Å²) in [5.41, 5.74) is -0.682. The molecule has 130 valence electrons. The predicted molar refractivity (Wildman–Crippen MR) is 87.0 cm³/mol. The molecule has 0 radical (unpaired) electrons. The smallest absolute Gasteiger partial charge is 0.345 e. The molecular formula is C15H18FN3O4S. The second-order valence-corrected chi connectivity index (χ2v) is 7.58. The van der Waals surface area contributed by atoms with Crippen LogP contribution in [0.2, 0.25) is 0 Å². The Labute approximate surface area is 139 Å². The third-order valence-corrected chi connectivity index (χ3v) is 4.71. The number of allylic oxidation sites excluding steroid dienone is 1. The molecule has 1 aliphatic heterocycles.